The lowest BCUT2D eigenvalue weighted by molar-refractivity contribution is -0.122. The van der Waals surface area contributed by atoms with Gasteiger partial charge in [-0.25, -0.2) is 13.1 Å². The Morgan fingerprint density at radius 2 is 1.79 bits per heavy atom. The number of hydrogen-bond donors (Lipinski definition) is 2. The lowest BCUT2D eigenvalue weighted by Crippen LogP contribution is -2.40. The lowest BCUT2D eigenvalue weighted by atomic mass is 10.2. The molecule has 0 radical (unpaired) electrons. The number of likely N-dealkylation sites (N-methyl/N-ethyl adjacent to an activating group) is 1. The molecule has 0 atom stereocenters. The number of amides is 2. The highest BCUT2D eigenvalue weighted by Gasteiger charge is 2.28. The third-order valence-corrected chi connectivity index (χ3v) is 5.02. The Kier molecular flexibility index (Phi) is 5.61. The molecular weight excluding hydrogens is 330 g/mol. The summed E-state index contributed by atoms with van der Waals surface area (Å²) < 4.78 is 26.8. The van der Waals surface area contributed by atoms with E-state index in [2.05, 4.69) is 10.0 Å². The summed E-state index contributed by atoms with van der Waals surface area (Å²) in [6, 6.07) is 5.76. The van der Waals surface area contributed by atoms with Crippen LogP contribution in [0.15, 0.2) is 29.2 Å². The molecule has 0 unspecified atom stereocenters. The molecule has 0 saturated heterocycles. The van der Waals surface area contributed by atoms with Gasteiger partial charge < -0.3 is 10.2 Å². The topological polar surface area (TPSA) is 95.6 Å². The maximum Gasteiger partial charge on any atom is 0.254 e. The SMILES string of the molecule is CC(C)NC(=O)CN(C)C(=O)c1ccc(S(=O)(=O)NC2CC2)cc1. The first-order chi connectivity index (χ1) is 11.2. The van der Waals surface area contributed by atoms with E-state index < -0.39 is 10.0 Å². The van der Waals surface area contributed by atoms with E-state index in [1.807, 2.05) is 13.8 Å². The molecule has 132 valence electrons. The number of sulfonamides is 1. The van der Waals surface area contributed by atoms with Crippen LogP contribution in [-0.4, -0.2) is 50.8 Å². The van der Waals surface area contributed by atoms with Gasteiger partial charge in [-0.15, -0.1) is 0 Å². The van der Waals surface area contributed by atoms with E-state index in [1.54, 1.807) is 0 Å². The third-order valence-electron chi connectivity index (χ3n) is 3.49. The predicted molar refractivity (Wildman–Crippen MR) is 90.0 cm³/mol. The number of benzene rings is 1. The highest BCUT2D eigenvalue weighted by atomic mass is 32.2. The van der Waals surface area contributed by atoms with Gasteiger partial charge in [-0.05, 0) is 51.0 Å². The van der Waals surface area contributed by atoms with Crippen LogP contribution in [0.1, 0.15) is 37.0 Å². The van der Waals surface area contributed by atoms with Crippen LogP contribution in [0.3, 0.4) is 0 Å². The Labute approximate surface area is 142 Å². The second-order valence-corrected chi connectivity index (χ2v) is 8.02. The van der Waals surface area contributed by atoms with Crippen molar-refractivity contribution in [3.05, 3.63) is 29.8 Å². The molecule has 1 saturated carbocycles. The maximum atomic E-state index is 12.3. The average Bonchev–Trinajstić information content (AvgIpc) is 3.28. The van der Waals surface area contributed by atoms with Crippen LogP contribution < -0.4 is 10.0 Å². The minimum absolute atomic E-state index is 0.00413. The number of carbonyl (C=O) groups excluding carboxylic acids is 2. The molecule has 2 amide bonds. The largest absolute Gasteiger partial charge is 0.352 e. The van der Waals surface area contributed by atoms with Gasteiger partial charge in [-0.2, -0.15) is 0 Å². The molecule has 24 heavy (non-hydrogen) atoms. The Hall–Kier alpha value is -1.93. The number of carbonyl (C=O) groups is 2. The average molecular weight is 353 g/mol. The van der Waals surface area contributed by atoms with Crippen LogP contribution in [0, 0.1) is 0 Å². The Bertz CT molecular complexity index is 709. The standard InChI is InChI=1S/C16H23N3O4S/c1-11(2)17-15(20)10-19(3)16(21)12-4-8-14(9-5-12)24(22,23)18-13-6-7-13/h4-5,8-9,11,13,18H,6-7,10H2,1-3H3,(H,17,20). The van der Waals surface area contributed by atoms with Crippen molar-refractivity contribution in [1.29, 1.82) is 0 Å². The van der Waals surface area contributed by atoms with Crippen molar-refractivity contribution in [3.63, 3.8) is 0 Å². The van der Waals surface area contributed by atoms with Crippen molar-refractivity contribution in [2.45, 2.75) is 43.7 Å². The van der Waals surface area contributed by atoms with Gasteiger partial charge in [0.05, 0.1) is 11.4 Å². The minimum Gasteiger partial charge on any atom is -0.352 e. The van der Waals surface area contributed by atoms with Gasteiger partial charge in [0.1, 0.15) is 0 Å². The zero-order chi connectivity index (χ0) is 17.9. The summed E-state index contributed by atoms with van der Waals surface area (Å²) in [5.74, 6) is -0.582. The number of nitrogens with zero attached hydrogens (tertiary/aromatic N) is 1. The number of rotatable bonds is 7. The fourth-order valence-electron chi connectivity index (χ4n) is 2.14. The van der Waals surface area contributed by atoms with Gasteiger partial charge >= 0.3 is 0 Å². The lowest BCUT2D eigenvalue weighted by Gasteiger charge is -2.18. The molecule has 0 bridgehead atoms. The van der Waals surface area contributed by atoms with Crippen molar-refractivity contribution in [2.24, 2.45) is 0 Å². The summed E-state index contributed by atoms with van der Waals surface area (Å²) >= 11 is 0. The molecule has 1 aliphatic carbocycles. The molecule has 1 aromatic rings. The predicted octanol–water partition coefficient (Wildman–Crippen LogP) is 0.724. The van der Waals surface area contributed by atoms with Gasteiger partial charge in [-0.1, -0.05) is 0 Å². The highest BCUT2D eigenvalue weighted by Crippen LogP contribution is 2.22. The number of hydrogen-bond acceptors (Lipinski definition) is 4. The van der Waals surface area contributed by atoms with E-state index in [4.69, 9.17) is 0 Å². The summed E-state index contributed by atoms with van der Waals surface area (Å²) in [6.45, 7) is 3.63. The fraction of sp³-hybridized carbons (Fsp3) is 0.500. The van der Waals surface area contributed by atoms with Gasteiger partial charge in [0.2, 0.25) is 15.9 Å². The first-order valence-electron chi connectivity index (χ1n) is 7.86. The first-order valence-corrected chi connectivity index (χ1v) is 9.34. The summed E-state index contributed by atoms with van der Waals surface area (Å²) in [7, 11) is -2.00. The number of nitrogens with one attached hydrogen (secondary N) is 2. The van der Waals surface area contributed by atoms with Gasteiger partial charge in [0.25, 0.3) is 5.91 Å². The van der Waals surface area contributed by atoms with Crippen LogP contribution in [0.2, 0.25) is 0 Å². The third kappa shape index (κ3) is 5.04. The van der Waals surface area contributed by atoms with E-state index in [0.717, 1.165) is 12.8 Å². The Balaban J connectivity index is 2.01. The van der Waals surface area contributed by atoms with Crippen molar-refractivity contribution in [2.75, 3.05) is 13.6 Å². The highest BCUT2D eigenvalue weighted by molar-refractivity contribution is 7.89. The molecule has 1 fully saturated rings. The quantitative estimate of drug-likeness (QED) is 0.755. The smallest absolute Gasteiger partial charge is 0.254 e. The Morgan fingerprint density at radius 3 is 2.29 bits per heavy atom. The van der Waals surface area contributed by atoms with E-state index in [-0.39, 0.29) is 35.3 Å². The maximum absolute atomic E-state index is 12.3. The van der Waals surface area contributed by atoms with Crippen molar-refractivity contribution in [3.8, 4) is 0 Å². The van der Waals surface area contributed by atoms with E-state index in [9.17, 15) is 18.0 Å². The first kappa shape index (κ1) is 18.4. The van der Waals surface area contributed by atoms with Crippen LogP contribution in [-0.2, 0) is 14.8 Å². The molecule has 0 aliphatic heterocycles. The monoisotopic (exact) mass is 353 g/mol. The van der Waals surface area contributed by atoms with Crippen molar-refractivity contribution in [1.82, 2.24) is 14.9 Å². The zero-order valence-electron chi connectivity index (χ0n) is 14.1. The van der Waals surface area contributed by atoms with Crippen LogP contribution >= 0.6 is 0 Å². The van der Waals surface area contributed by atoms with Gasteiger partial charge in [0.15, 0.2) is 0 Å². The second-order valence-electron chi connectivity index (χ2n) is 6.30. The van der Waals surface area contributed by atoms with Gasteiger partial charge in [-0.3, -0.25) is 9.59 Å². The summed E-state index contributed by atoms with van der Waals surface area (Å²) in [5, 5.41) is 2.71. The molecule has 0 aromatic heterocycles. The zero-order valence-corrected chi connectivity index (χ0v) is 14.9. The molecular formula is C16H23N3O4S. The molecule has 8 heteroatoms. The second kappa shape index (κ2) is 7.31. The molecule has 2 rings (SSSR count). The molecule has 0 heterocycles. The molecule has 1 aliphatic rings. The van der Waals surface area contributed by atoms with Crippen molar-refractivity contribution >= 4 is 21.8 Å². The van der Waals surface area contributed by atoms with E-state index in [1.165, 1.54) is 36.2 Å². The van der Waals surface area contributed by atoms with E-state index in [0.29, 0.717) is 5.56 Å². The fourth-order valence-corrected chi connectivity index (χ4v) is 3.45. The molecule has 1 aromatic carbocycles. The minimum atomic E-state index is -3.53. The van der Waals surface area contributed by atoms with Crippen molar-refractivity contribution < 1.29 is 18.0 Å². The summed E-state index contributed by atoms with van der Waals surface area (Å²) in [6.07, 6.45) is 1.72. The summed E-state index contributed by atoms with van der Waals surface area (Å²) in [4.78, 5) is 25.4. The molecule has 0 spiro atoms. The van der Waals surface area contributed by atoms with Crippen LogP contribution in [0.5, 0.6) is 0 Å². The van der Waals surface area contributed by atoms with Crippen LogP contribution in [0.4, 0.5) is 0 Å². The van der Waals surface area contributed by atoms with E-state index >= 15 is 0 Å². The van der Waals surface area contributed by atoms with Crippen LogP contribution in [0.25, 0.3) is 0 Å². The Morgan fingerprint density at radius 1 is 1.21 bits per heavy atom. The normalized spacial score (nSPS) is 14.5. The molecule has 2 N–H and O–H groups in total. The van der Waals surface area contributed by atoms with Gasteiger partial charge in [0, 0.05) is 24.7 Å². The summed E-state index contributed by atoms with van der Waals surface area (Å²) in [5.41, 5.74) is 0.334. The molecule has 7 nitrogen and oxygen atoms in total.